The molecule has 2 aromatic rings. The average Bonchev–Trinajstić information content (AvgIpc) is 3.45. The van der Waals surface area contributed by atoms with Gasteiger partial charge in [-0.2, -0.15) is 26.3 Å². The molecule has 0 saturated heterocycles. The van der Waals surface area contributed by atoms with Gasteiger partial charge in [-0.05, 0) is 64.5 Å². The van der Waals surface area contributed by atoms with Crippen LogP contribution in [0, 0.1) is 0 Å². The number of hydrogen-bond donors (Lipinski definition) is 1. The molecule has 246 valence electrons. The summed E-state index contributed by atoms with van der Waals surface area (Å²) in [7, 11) is 1.71. The third kappa shape index (κ3) is 9.10. The summed E-state index contributed by atoms with van der Waals surface area (Å²) in [4.78, 5) is 27.6. The highest BCUT2D eigenvalue weighted by molar-refractivity contribution is 5.97. The zero-order valence-corrected chi connectivity index (χ0v) is 25.1. The number of pyridine rings is 1. The molecule has 45 heavy (non-hydrogen) atoms. The van der Waals surface area contributed by atoms with Crippen LogP contribution in [0.3, 0.4) is 0 Å². The van der Waals surface area contributed by atoms with Crippen LogP contribution in [0.1, 0.15) is 81.2 Å². The summed E-state index contributed by atoms with van der Waals surface area (Å²) >= 11 is 0. The molecule has 3 heterocycles. The second kappa shape index (κ2) is 14.5. The number of ketones is 1. The Kier molecular flexibility index (Phi) is 11.5. The molecule has 0 radical (unpaired) electrons. The number of carbonyl (C=O) groups excluding carboxylic acids is 2. The first-order valence-electron chi connectivity index (χ1n) is 14.0. The van der Waals surface area contributed by atoms with Crippen molar-refractivity contribution in [1.29, 1.82) is 0 Å². The summed E-state index contributed by atoms with van der Waals surface area (Å²) in [6.07, 6.45) is -1.98. The van der Waals surface area contributed by atoms with E-state index < -0.39 is 77.6 Å². The third-order valence-corrected chi connectivity index (χ3v) is 6.77. The Balaban J connectivity index is 0.000000838. The van der Waals surface area contributed by atoms with Gasteiger partial charge in [-0.3, -0.25) is 9.59 Å². The predicted octanol–water partition coefficient (Wildman–Crippen LogP) is 7.51. The number of allylic oxidation sites excluding steroid dienone is 4. The predicted molar refractivity (Wildman–Crippen MR) is 151 cm³/mol. The highest BCUT2D eigenvalue weighted by Crippen LogP contribution is 2.47. The number of amides is 1. The average molecular weight is 645 g/mol. The first-order chi connectivity index (χ1) is 21.0. The molecule has 4 bridgehead atoms. The quantitative estimate of drug-likeness (QED) is 0.202. The Morgan fingerprint density at radius 2 is 1.69 bits per heavy atom. The van der Waals surface area contributed by atoms with Gasteiger partial charge in [-0.25, -0.2) is 4.98 Å². The van der Waals surface area contributed by atoms with Crippen LogP contribution >= 0.6 is 0 Å². The molecule has 1 N–H and O–H groups in total. The van der Waals surface area contributed by atoms with E-state index in [0.717, 1.165) is 6.42 Å². The molecule has 1 aliphatic carbocycles. The van der Waals surface area contributed by atoms with Crippen LogP contribution in [0.5, 0.6) is 0 Å². The zero-order valence-electron chi connectivity index (χ0n) is 25.1. The molecule has 1 aliphatic heterocycles. The number of carbonyl (C=O) groups is 2. The summed E-state index contributed by atoms with van der Waals surface area (Å²) < 4.78 is 101. The van der Waals surface area contributed by atoms with Crippen molar-refractivity contribution in [2.45, 2.75) is 82.9 Å². The van der Waals surface area contributed by atoms with E-state index in [4.69, 9.17) is 13.9 Å². The molecule has 0 spiro atoms. The fourth-order valence-corrected chi connectivity index (χ4v) is 4.18. The van der Waals surface area contributed by atoms with E-state index in [1.807, 2.05) is 26.1 Å². The number of fused-ring (bicyclic) bond motifs is 5. The number of aromatic nitrogens is 3. The molecule has 0 aromatic carbocycles. The Morgan fingerprint density at radius 3 is 2.27 bits per heavy atom. The molecule has 2 aromatic heterocycles. The van der Waals surface area contributed by atoms with E-state index in [1.54, 1.807) is 25.3 Å². The monoisotopic (exact) mass is 644 g/mol. The van der Waals surface area contributed by atoms with Crippen LogP contribution in [0.15, 0.2) is 46.4 Å². The summed E-state index contributed by atoms with van der Waals surface area (Å²) in [6, 6.07) is 0.449. The lowest BCUT2D eigenvalue weighted by Gasteiger charge is -2.32. The second-order valence-electron chi connectivity index (χ2n) is 11.1. The summed E-state index contributed by atoms with van der Waals surface area (Å²) in [5.74, 6) is -2.70. The van der Waals surface area contributed by atoms with Gasteiger partial charge in [0.2, 0.25) is 12.0 Å². The molecule has 15 heteroatoms. The Morgan fingerprint density at radius 1 is 1.00 bits per heavy atom. The lowest BCUT2D eigenvalue weighted by atomic mass is 9.95. The van der Waals surface area contributed by atoms with Crippen molar-refractivity contribution in [3.63, 3.8) is 0 Å². The van der Waals surface area contributed by atoms with Gasteiger partial charge in [-0.15, -0.1) is 10.2 Å². The number of alkyl halides is 6. The van der Waals surface area contributed by atoms with Crippen LogP contribution in [-0.2, 0) is 26.0 Å². The van der Waals surface area contributed by atoms with E-state index in [-0.39, 0.29) is 24.9 Å². The van der Waals surface area contributed by atoms with Crippen LogP contribution in [-0.4, -0.2) is 52.9 Å². The lowest BCUT2D eigenvalue weighted by Crippen LogP contribution is -2.45. The van der Waals surface area contributed by atoms with E-state index >= 15 is 0 Å². The molecule has 9 nitrogen and oxygen atoms in total. The molecule has 0 saturated carbocycles. The van der Waals surface area contributed by atoms with Crippen LogP contribution in [0.25, 0.3) is 11.6 Å². The minimum Gasteiger partial charge on any atom is -0.416 e. The van der Waals surface area contributed by atoms with Gasteiger partial charge < -0.3 is 19.2 Å². The number of rotatable bonds is 5. The Hall–Kier alpha value is -3.85. The van der Waals surface area contributed by atoms with E-state index in [1.165, 1.54) is 12.2 Å². The van der Waals surface area contributed by atoms with Gasteiger partial charge in [0.1, 0.15) is 5.69 Å². The maximum Gasteiger partial charge on any atom is 0.426 e. The SMILES string of the molecule is COC(C)(C)C.O=CNc1cc(C(F)(F)F)c2nc1-c1nnc(o1)C(OCC1=CCCC=C1)(C(F)(F)F)CC/C=C\CCC2=O. The van der Waals surface area contributed by atoms with Crippen molar-refractivity contribution in [2.75, 3.05) is 19.0 Å². The molecular weight excluding hydrogens is 610 g/mol. The van der Waals surface area contributed by atoms with Crippen molar-refractivity contribution in [1.82, 2.24) is 15.2 Å². The fourth-order valence-electron chi connectivity index (χ4n) is 4.18. The number of anilines is 1. The molecule has 2 aliphatic rings. The number of halogens is 6. The molecular formula is C30H34F6N4O5. The first kappa shape index (κ1) is 35.6. The van der Waals surface area contributed by atoms with Crippen molar-refractivity contribution in [3.05, 3.63) is 59.2 Å². The van der Waals surface area contributed by atoms with Gasteiger partial charge >= 0.3 is 12.4 Å². The largest absolute Gasteiger partial charge is 0.426 e. The van der Waals surface area contributed by atoms with Crippen LogP contribution in [0.4, 0.5) is 32.0 Å². The summed E-state index contributed by atoms with van der Waals surface area (Å²) in [5.41, 5.74) is -6.12. The number of Topliss-reactive ketones (excluding diaryl/α,β-unsaturated/α-hetero) is 1. The summed E-state index contributed by atoms with van der Waals surface area (Å²) in [5, 5.41) is 9.15. The number of nitrogens with zero attached hydrogens (tertiary/aromatic N) is 3. The zero-order chi connectivity index (χ0) is 33.5. The number of ether oxygens (including phenoxy) is 2. The number of methoxy groups -OCH3 is 1. The number of nitrogens with one attached hydrogen (secondary N) is 1. The molecule has 1 unspecified atom stereocenters. The highest BCUT2D eigenvalue weighted by atomic mass is 19.4. The first-order valence-corrected chi connectivity index (χ1v) is 14.0. The van der Waals surface area contributed by atoms with Crippen LogP contribution < -0.4 is 5.32 Å². The minimum absolute atomic E-state index is 0.0388. The Bertz CT molecular complexity index is 1440. The van der Waals surface area contributed by atoms with Crippen molar-refractivity contribution in [2.24, 2.45) is 0 Å². The topological polar surface area (TPSA) is 116 Å². The van der Waals surface area contributed by atoms with Crippen molar-refractivity contribution < 1.29 is 49.8 Å². The molecule has 1 atom stereocenters. The van der Waals surface area contributed by atoms with E-state index in [2.05, 4.69) is 15.2 Å². The molecule has 1 amide bonds. The van der Waals surface area contributed by atoms with Gasteiger partial charge in [0.05, 0.1) is 23.5 Å². The normalized spacial score (nSPS) is 20.0. The second-order valence-corrected chi connectivity index (χ2v) is 11.1. The van der Waals surface area contributed by atoms with Gasteiger partial charge in [0.15, 0.2) is 11.5 Å². The maximum absolute atomic E-state index is 14.7. The van der Waals surface area contributed by atoms with Crippen LogP contribution in [0.2, 0.25) is 0 Å². The smallest absolute Gasteiger partial charge is 0.416 e. The highest BCUT2D eigenvalue weighted by Gasteiger charge is 2.61. The van der Waals surface area contributed by atoms with Crippen molar-refractivity contribution >= 4 is 17.9 Å². The third-order valence-electron chi connectivity index (χ3n) is 6.77. The summed E-state index contributed by atoms with van der Waals surface area (Å²) in [6.45, 7) is 5.64. The van der Waals surface area contributed by atoms with E-state index in [9.17, 15) is 35.9 Å². The standard InChI is InChI=1S/C25H22F6N4O4.C5H12O/c26-24(27,28)16-12-17(32-14-36)20-21-34-35-22(39-21)23(25(29,30)31,38-13-15-8-4-3-5-9-15)11-7-2-1-6-10-18(37)19(16)33-20;1-5(2,3)6-4/h1-2,4,8-9,12,14H,3,5-7,10-11,13H2,(H,32,36);1-4H3/b2-1-;. The van der Waals surface area contributed by atoms with Gasteiger partial charge in [-0.1, -0.05) is 30.4 Å². The molecule has 4 rings (SSSR count). The fraction of sp³-hybridized carbons (Fsp3) is 0.500. The Labute approximate surface area is 255 Å². The minimum atomic E-state index is -5.04. The maximum atomic E-state index is 14.7. The van der Waals surface area contributed by atoms with E-state index in [0.29, 0.717) is 18.1 Å². The number of hydrogen-bond acceptors (Lipinski definition) is 8. The molecule has 0 fully saturated rings. The van der Waals surface area contributed by atoms with Gasteiger partial charge in [0.25, 0.3) is 11.8 Å². The van der Waals surface area contributed by atoms with Gasteiger partial charge in [0, 0.05) is 13.5 Å². The van der Waals surface area contributed by atoms with Crippen molar-refractivity contribution in [3.8, 4) is 11.6 Å². The lowest BCUT2D eigenvalue weighted by molar-refractivity contribution is -0.292.